The molecule has 2 aromatic heterocycles. The van der Waals surface area contributed by atoms with E-state index in [9.17, 15) is 13.4 Å². The molecule has 0 bridgehead atoms. The number of benzene rings is 1. The van der Waals surface area contributed by atoms with Crippen molar-refractivity contribution in [3.63, 3.8) is 0 Å². The highest BCUT2D eigenvalue weighted by Gasteiger charge is 2.31. The number of carbonyl (C=O) groups is 1. The van der Waals surface area contributed by atoms with Crippen LogP contribution in [0.25, 0.3) is 15.9 Å². The largest absolute Gasteiger partial charge is 0.347 e. The molecule has 1 aliphatic carbocycles. The lowest BCUT2D eigenvalue weighted by Gasteiger charge is -2.31. The van der Waals surface area contributed by atoms with E-state index < -0.39 is 10.8 Å². The smallest absolute Gasteiger partial charge is 0.261 e. The number of halogens is 1. The molecule has 0 radical (unpaired) electrons. The van der Waals surface area contributed by atoms with Gasteiger partial charge in [0.1, 0.15) is 10.6 Å². The summed E-state index contributed by atoms with van der Waals surface area (Å²) in [4.78, 5) is 14.4. The van der Waals surface area contributed by atoms with E-state index in [1.807, 2.05) is 19.9 Å². The molecule has 1 fully saturated rings. The molecular weight excluding hydrogens is 409 g/mol. The lowest BCUT2D eigenvalue weighted by Crippen LogP contribution is -2.47. The molecule has 0 aliphatic heterocycles. The Morgan fingerprint density at radius 3 is 2.76 bits per heavy atom. The monoisotopic (exact) mass is 433 g/mol. The minimum Gasteiger partial charge on any atom is -0.347 e. The van der Waals surface area contributed by atoms with E-state index in [0.29, 0.717) is 10.6 Å². The quantitative estimate of drug-likeness (QED) is 0.651. The van der Waals surface area contributed by atoms with Gasteiger partial charge in [0.05, 0.1) is 21.5 Å². The van der Waals surface area contributed by atoms with Crippen LogP contribution in [0.5, 0.6) is 0 Å². The van der Waals surface area contributed by atoms with Crippen LogP contribution in [-0.4, -0.2) is 36.9 Å². The zero-order valence-corrected chi connectivity index (χ0v) is 18.1. The second-order valence-corrected chi connectivity index (χ2v) is 10.4. The molecule has 154 valence electrons. The number of nitrogens with one attached hydrogen (secondary N) is 1. The molecule has 8 heteroatoms. The summed E-state index contributed by atoms with van der Waals surface area (Å²) in [5.41, 5.74) is 1.58. The van der Waals surface area contributed by atoms with E-state index in [1.165, 1.54) is 23.5 Å². The maximum Gasteiger partial charge on any atom is 0.261 e. The fourth-order valence-corrected chi connectivity index (χ4v) is 6.46. The summed E-state index contributed by atoms with van der Waals surface area (Å²) in [7, 11) is -0.914. The Hall–Kier alpha value is -2.06. The van der Waals surface area contributed by atoms with Crippen LogP contribution in [0.1, 0.15) is 48.0 Å². The number of aromatic nitrogens is 2. The van der Waals surface area contributed by atoms with Crippen molar-refractivity contribution in [3.05, 3.63) is 46.7 Å². The van der Waals surface area contributed by atoms with E-state index in [4.69, 9.17) is 0 Å². The van der Waals surface area contributed by atoms with Crippen molar-refractivity contribution in [2.24, 2.45) is 0 Å². The predicted molar refractivity (Wildman–Crippen MR) is 116 cm³/mol. The number of hydrogen-bond donors (Lipinski definition) is 1. The van der Waals surface area contributed by atoms with Crippen molar-refractivity contribution in [2.45, 2.75) is 50.8 Å². The third-order valence-electron chi connectivity index (χ3n) is 5.48. The zero-order chi connectivity index (χ0) is 20.5. The molecule has 3 unspecified atom stereocenters. The Balaban J connectivity index is 1.61. The molecule has 4 rings (SSSR count). The van der Waals surface area contributed by atoms with Crippen molar-refractivity contribution in [1.29, 1.82) is 0 Å². The van der Waals surface area contributed by atoms with Crippen LogP contribution in [0.2, 0.25) is 0 Å². The van der Waals surface area contributed by atoms with Crippen molar-refractivity contribution in [1.82, 2.24) is 15.1 Å². The molecule has 3 aromatic rings. The number of nitrogens with zero attached hydrogens (tertiary/aromatic N) is 2. The lowest BCUT2D eigenvalue weighted by atomic mass is 9.95. The van der Waals surface area contributed by atoms with Crippen molar-refractivity contribution >= 4 is 38.3 Å². The van der Waals surface area contributed by atoms with Crippen LogP contribution in [0.3, 0.4) is 0 Å². The molecule has 1 saturated carbocycles. The summed E-state index contributed by atoms with van der Waals surface area (Å²) >= 11 is 1.37. The average Bonchev–Trinajstić information content (AvgIpc) is 3.29. The molecule has 1 aliphatic rings. The van der Waals surface area contributed by atoms with E-state index in [2.05, 4.69) is 10.4 Å². The molecular formula is C21H24FN3O2S2. The molecule has 1 aromatic carbocycles. The van der Waals surface area contributed by atoms with Crippen molar-refractivity contribution in [3.8, 4) is 5.69 Å². The number of aryl methyl sites for hydroxylation is 1. The summed E-state index contributed by atoms with van der Waals surface area (Å²) in [6.45, 7) is 3.83. The lowest BCUT2D eigenvalue weighted by molar-refractivity contribution is 0.0933. The van der Waals surface area contributed by atoms with Gasteiger partial charge in [-0.15, -0.1) is 11.3 Å². The van der Waals surface area contributed by atoms with Crippen LogP contribution in [0.15, 0.2) is 30.3 Å². The van der Waals surface area contributed by atoms with Gasteiger partial charge >= 0.3 is 0 Å². The van der Waals surface area contributed by atoms with Gasteiger partial charge in [0, 0.05) is 28.0 Å². The Bertz CT molecular complexity index is 1060. The Morgan fingerprint density at radius 1 is 1.31 bits per heavy atom. The average molecular weight is 434 g/mol. The number of hydrogen-bond acceptors (Lipinski definition) is 4. The third kappa shape index (κ3) is 4.00. The molecule has 2 heterocycles. The number of amides is 1. The van der Waals surface area contributed by atoms with Crippen LogP contribution in [-0.2, 0) is 10.8 Å². The van der Waals surface area contributed by atoms with Crippen LogP contribution in [0.4, 0.5) is 4.39 Å². The van der Waals surface area contributed by atoms with E-state index >= 15 is 0 Å². The zero-order valence-electron chi connectivity index (χ0n) is 16.5. The number of rotatable bonds is 5. The summed E-state index contributed by atoms with van der Waals surface area (Å²) in [5, 5.41) is 8.63. The first kappa shape index (κ1) is 20.2. The van der Waals surface area contributed by atoms with Crippen LogP contribution in [0, 0.1) is 12.7 Å². The first-order valence-electron chi connectivity index (χ1n) is 9.91. The summed E-state index contributed by atoms with van der Waals surface area (Å²) in [5.74, 6) is 0.194. The Labute approximate surface area is 175 Å². The SMILES string of the molecule is CCS(=O)C1CCCCC1NC(=O)c1cc2c(C)nn(-c3ccc(F)cc3)c2s1. The van der Waals surface area contributed by atoms with Crippen molar-refractivity contribution < 1.29 is 13.4 Å². The number of fused-ring (bicyclic) bond motifs is 1. The molecule has 0 saturated heterocycles. The number of thiophene rings is 1. The highest BCUT2D eigenvalue weighted by molar-refractivity contribution is 7.85. The normalized spacial score (nSPS) is 20.7. The number of carbonyl (C=O) groups excluding carboxylic acids is 1. The van der Waals surface area contributed by atoms with E-state index in [0.717, 1.165) is 47.3 Å². The third-order valence-corrected chi connectivity index (χ3v) is 8.40. The summed E-state index contributed by atoms with van der Waals surface area (Å²) in [6, 6.07) is 7.97. The molecule has 3 atom stereocenters. The van der Waals surface area contributed by atoms with E-state index in [-0.39, 0.29) is 23.0 Å². The minimum atomic E-state index is -0.914. The second-order valence-electron chi connectivity index (χ2n) is 7.38. The van der Waals surface area contributed by atoms with Gasteiger partial charge in [-0.2, -0.15) is 5.10 Å². The Kier molecular flexibility index (Phi) is 5.83. The fraction of sp³-hybridized carbons (Fsp3) is 0.429. The molecule has 1 amide bonds. The molecule has 1 N–H and O–H groups in total. The fourth-order valence-electron chi connectivity index (χ4n) is 3.95. The van der Waals surface area contributed by atoms with Crippen LogP contribution < -0.4 is 5.32 Å². The van der Waals surface area contributed by atoms with Gasteiger partial charge in [0.25, 0.3) is 5.91 Å². The standard InChI is InChI=1S/C21H24FN3O2S2/c1-3-29(27)19-7-5-4-6-17(19)23-20(26)18-12-16-13(2)24-25(21(16)28-18)15-10-8-14(22)9-11-15/h8-12,17,19H,3-7H2,1-2H3,(H,23,26). The van der Waals surface area contributed by atoms with Gasteiger partial charge in [-0.05, 0) is 50.1 Å². The molecule has 5 nitrogen and oxygen atoms in total. The topological polar surface area (TPSA) is 64.0 Å². The van der Waals surface area contributed by atoms with Gasteiger partial charge in [-0.3, -0.25) is 9.00 Å². The Morgan fingerprint density at radius 2 is 2.03 bits per heavy atom. The van der Waals surface area contributed by atoms with E-state index in [1.54, 1.807) is 16.8 Å². The van der Waals surface area contributed by atoms with Gasteiger partial charge in [0.2, 0.25) is 0 Å². The molecule has 29 heavy (non-hydrogen) atoms. The first-order valence-corrected chi connectivity index (χ1v) is 12.1. The second kappa shape index (κ2) is 8.36. The first-order chi connectivity index (χ1) is 14.0. The van der Waals surface area contributed by atoms with Gasteiger partial charge in [0.15, 0.2) is 0 Å². The maximum atomic E-state index is 13.3. The van der Waals surface area contributed by atoms with Crippen molar-refractivity contribution in [2.75, 3.05) is 5.75 Å². The highest BCUT2D eigenvalue weighted by atomic mass is 32.2. The predicted octanol–water partition coefficient (Wildman–Crippen LogP) is 4.34. The van der Waals surface area contributed by atoms with Gasteiger partial charge < -0.3 is 5.32 Å². The summed E-state index contributed by atoms with van der Waals surface area (Å²) in [6.07, 6.45) is 3.89. The maximum absolute atomic E-state index is 13.3. The minimum absolute atomic E-state index is 0.0310. The highest BCUT2D eigenvalue weighted by Crippen LogP contribution is 2.31. The summed E-state index contributed by atoms with van der Waals surface area (Å²) < 4.78 is 27.4. The van der Waals surface area contributed by atoms with Gasteiger partial charge in [-0.1, -0.05) is 19.8 Å². The van der Waals surface area contributed by atoms with Crippen LogP contribution >= 0.6 is 11.3 Å². The molecule has 0 spiro atoms. The van der Waals surface area contributed by atoms with Gasteiger partial charge in [-0.25, -0.2) is 9.07 Å².